The Labute approximate surface area is 113 Å². The number of hydrogen-bond donors (Lipinski definition) is 3. The number of anilines is 2. The number of benzene rings is 1. The van der Waals surface area contributed by atoms with Crippen LogP contribution in [0.2, 0.25) is 0 Å². The zero-order valence-corrected chi connectivity index (χ0v) is 11.2. The SMILES string of the molecule is CN1CCC(NC(=O)c2cccc3c2NCCN3)C1. The first-order valence-corrected chi connectivity index (χ1v) is 6.84. The highest BCUT2D eigenvalue weighted by Crippen LogP contribution is 2.28. The van der Waals surface area contributed by atoms with Gasteiger partial charge in [-0.05, 0) is 32.1 Å². The van der Waals surface area contributed by atoms with Crippen LogP contribution >= 0.6 is 0 Å². The van der Waals surface area contributed by atoms with Crippen LogP contribution in [0.15, 0.2) is 18.2 Å². The Hall–Kier alpha value is -1.75. The van der Waals surface area contributed by atoms with Crippen molar-refractivity contribution in [3.8, 4) is 0 Å². The fourth-order valence-electron chi connectivity index (χ4n) is 2.78. The average Bonchev–Trinajstić information content (AvgIpc) is 2.83. The minimum absolute atomic E-state index is 0.0216. The van der Waals surface area contributed by atoms with Crippen LogP contribution in [0, 0.1) is 0 Å². The summed E-state index contributed by atoms with van der Waals surface area (Å²) in [5, 5.41) is 9.75. The molecule has 1 aromatic carbocycles. The van der Waals surface area contributed by atoms with Gasteiger partial charge in [0, 0.05) is 25.7 Å². The molecule has 5 heteroatoms. The minimum atomic E-state index is 0.0216. The van der Waals surface area contributed by atoms with Crippen molar-refractivity contribution in [1.82, 2.24) is 10.2 Å². The van der Waals surface area contributed by atoms with Gasteiger partial charge in [-0.2, -0.15) is 0 Å². The zero-order chi connectivity index (χ0) is 13.2. The summed E-state index contributed by atoms with van der Waals surface area (Å²) in [4.78, 5) is 14.6. The second-order valence-electron chi connectivity index (χ2n) is 5.30. The van der Waals surface area contributed by atoms with E-state index < -0.39 is 0 Å². The molecule has 1 saturated heterocycles. The summed E-state index contributed by atoms with van der Waals surface area (Å²) >= 11 is 0. The summed E-state index contributed by atoms with van der Waals surface area (Å²) in [5.41, 5.74) is 2.68. The number of likely N-dealkylation sites (tertiary alicyclic amines) is 1. The van der Waals surface area contributed by atoms with Crippen molar-refractivity contribution >= 4 is 17.3 Å². The largest absolute Gasteiger partial charge is 0.382 e. The normalized spacial score (nSPS) is 22.3. The maximum Gasteiger partial charge on any atom is 0.253 e. The highest BCUT2D eigenvalue weighted by molar-refractivity contribution is 6.03. The molecule has 2 heterocycles. The van der Waals surface area contributed by atoms with Crippen LogP contribution in [0.5, 0.6) is 0 Å². The second-order valence-corrected chi connectivity index (χ2v) is 5.30. The van der Waals surface area contributed by atoms with Gasteiger partial charge >= 0.3 is 0 Å². The average molecular weight is 260 g/mol. The van der Waals surface area contributed by atoms with E-state index in [1.165, 1.54) is 0 Å². The maximum absolute atomic E-state index is 12.4. The van der Waals surface area contributed by atoms with Gasteiger partial charge in [-0.15, -0.1) is 0 Å². The second kappa shape index (κ2) is 5.09. The molecule has 1 atom stereocenters. The topological polar surface area (TPSA) is 56.4 Å². The number of nitrogens with zero attached hydrogens (tertiary/aromatic N) is 1. The van der Waals surface area contributed by atoms with E-state index >= 15 is 0 Å². The molecule has 3 rings (SSSR count). The van der Waals surface area contributed by atoms with Crippen LogP contribution in [-0.2, 0) is 0 Å². The molecular formula is C14H20N4O. The Morgan fingerprint density at radius 3 is 3.00 bits per heavy atom. The van der Waals surface area contributed by atoms with E-state index in [0.29, 0.717) is 0 Å². The molecule has 1 amide bonds. The van der Waals surface area contributed by atoms with Gasteiger partial charge in [0.05, 0.1) is 16.9 Å². The number of hydrogen-bond acceptors (Lipinski definition) is 4. The molecule has 5 nitrogen and oxygen atoms in total. The molecule has 2 aliphatic heterocycles. The fourth-order valence-corrected chi connectivity index (χ4v) is 2.78. The number of likely N-dealkylation sites (N-methyl/N-ethyl adjacent to an activating group) is 1. The Bertz CT molecular complexity index is 488. The van der Waals surface area contributed by atoms with Crippen LogP contribution in [0.25, 0.3) is 0 Å². The van der Waals surface area contributed by atoms with E-state index in [-0.39, 0.29) is 11.9 Å². The predicted molar refractivity (Wildman–Crippen MR) is 76.8 cm³/mol. The number of carbonyl (C=O) groups is 1. The third kappa shape index (κ3) is 2.51. The van der Waals surface area contributed by atoms with Gasteiger partial charge in [-0.1, -0.05) is 6.07 Å². The van der Waals surface area contributed by atoms with Gasteiger partial charge in [-0.25, -0.2) is 0 Å². The van der Waals surface area contributed by atoms with E-state index in [1.807, 2.05) is 18.2 Å². The van der Waals surface area contributed by atoms with Crippen molar-refractivity contribution in [2.75, 3.05) is 43.9 Å². The monoisotopic (exact) mass is 260 g/mol. The number of amides is 1. The van der Waals surface area contributed by atoms with E-state index in [0.717, 1.165) is 49.5 Å². The van der Waals surface area contributed by atoms with Gasteiger partial charge in [0.15, 0.2) is 0 Å². The molecule has 1 aromatic rings. The Morgan fingerprint density at radius 1 is 1.37 bits per heavy atom. The molecule has 0 aromatic heterocycles. The Balaban J connectivity index is 1.76. The summed E-state index contributed by atoms with van der Waals surface area (Å²) in [6, 6.07) is 6.08. The van der Waals surface area contributed by atoms with Crippen molar-refractivity contribution < 1.29 is 4.79 Å². The first-order valence-electron chi connectivity index (χ1n) is 6.84. The molecular weight excluding hydrogens is 240 g/mol. The van der Waals surface area contributed by atoms with Crippen LogP contribution < -0.4 is 16.0 Å². The highest BCUT2D eigenvalue weighted by atomic mass is 16.1. The van der Waals surface area contributed by atoms with Crippen molar-refractivity contribution in [3.63, 3.8) is 0 Å². The van der Waals surface area contributed by atoms with Crippen molar-refractivity contribution in [2.45, 2.75) is 12.5 Å². The van der Waals surface area contributed by atoms with Gasteiger partial charge in [0.1, 0.15) is 0 Å². The van der Waals surface area contributed by atoms with Crippen LogP contribution in [0.3, 0.4) is 0 Å². The van der Waals surface area contributed by atoms with E-state index in [4.69, 9.17) is 0 Å². The standard InChI is InChI=1S/C14H20N4O/c1-18-8-5-10(9-18)17-14(19)11-3-2-4-12-13(11)16-7-6-15-12/h2-4,10,15-16H,5-9H2,1H3,(H,17,19). The van der Waals surface area contributed by atoms with Gasteiger partial charge < -0.3 is 20.9 Å². The van der Waals surface area contributed by atoms with Crippen molar-refractivity contribution in [2.24, 2.45) is 0 Å². The molecule has 19 heavy (non-hydrogen) atoms. The van der Waals surface area contributed by atoms with E-state index in [1.54, 1.807) is 0 Å². The molecule has 1 unspecified atom stereocenters. The molecule has 0 bridgehead atoms. The van der Waals surface area contributed by atoms with Crippen LogP contribution in [0.1, 0.15) is 16.8 Å². The number of fused-ring (bicyclic) bond motifs is 1. The molecule has 102 valence electrons. The molecule has 1 fully saturated rings. The number of rotatable bonds is 2. The molecule has 0 aliphatic carbocycles. The first kappa shape index (κ1) is 12.3. The summed E-state index contributed by atoms with van der Waals surface area (Å²) in [7, 11) is 2.09. The number of para-hydroxylation sites is 1. The minimum Gasteiger partial charge on any atom is -0.382 e. The number of carbonyl (C=O) groups excluding carboxylic acids is 1. The summed E-state index contributed by atoms with van der Waals surface area (Å²) in [6.07, 6.45) is 1.03. The lowest BCUT2D eigenvalue weighted by Gasteiger charge is -2.23. The third-order valence-corrected chi connectivity index (χ3v) is 3.78. The van der Waals surface area contributed by atoms with Crippen molar-refractivity contribution in [3.05, 3.63) is 23.8 Å². The smallest absolute Gasteiger partial charge is 0.253 e. The molecule has 0 spiro atoms. The van der Waals surface area contributed by atoms with Crippen molar-refractivity contribution in [1.29, 1.82) is 0 Å². The Morgan fingerprint density at radius 2 is 2.21 bits per heavy atom. The van der Waals surface area contributed by atoms with Gasteiger partial charge in [0.25, 0.3) is 5.91 Å². The highest BCUT2D eigenvalue weighted by Gasteiger charge is 2.23. The zero-order valence-electron chi connectivity index (χ0n) is 11.2. The van der Waals surface area contributed by atoms with Gasteiger partial charge in [-0.3, -0.25) is 4.79 Å². The summed E-state index contributed by atoms with van der Waals surface area (Å²) in [5.74, 6) is 0.0216. The van der Waals surface area contributed by atoms with Crippen LogP contribution in [-0.4, -0.2) is 50.1 Å². The van der Waals surface area contributed by atoms with E-state index in [2.05, 4.69) is 27.9 Å². The Kier molecular flexibility index (Phi) is 3.29. The van der Waals surface area contributed by atoms with E-state index in [9.17, 15) is 4.79 Å². The fraction of sp³-hybridized carbons (Fsp3) is 0.500. The quantitative estimate of drug-likeness (QED) is 0.741. The number of nitrogens with one attached hydrogen (secondary N) is 3. The predicted octanol–water partition coefficient (Wildman–Crippen LogP) is 0.958. The lowest BCUT2D eigenvalue weighted by atomic mass is 10.1. The molecule has 0 radical (unpaired) electrons. The lowest BCUT2D eigenvalue weighted by molar-refractivity contribution is 0.0939. The molecule has 3 N–H and O–H groups in total. The van der Waals surface area contributed by atoms with Gasteiger partial charge in [0.2, 0.25) is 0 Å². The summed E-state index contributed by atoms with van der Waals surface area (Å²) < 4.78 is 0. The van der Waals surface area contributed by atoms with Crippen LogP contribution in [0.4, 0.5) is 11.4 Å². The maximum atomic E-state index is 12.4. The first-order chi connectivity index (χ1) is 9.24. The molecule has 2 aliphatic rings. The summed E-state index contributed by atoms with van der Waals surface area (Å²) in [6.45, 7) is 3.74. The third-order valence-electron chi connectivity index (χ3n) is 3.78. The molecule has 0 saturated carbocycles. The lowest BCUT2D eigenvalue weighted by Crippen LogP contribution is -2.37.